The number of nitrogens with zero attached hydrogens (tertiary/aromatic N) is 1. The molecule has 0 spiro atoms. The van der Waals surface area contributed by atoms with Gasteiger partial charge in [0.2, 0.25) is 0 Å². The van der Waals surface area contributed by atoms with Crippen molar-refractivity contribution in [3.63, 3.8) is 0 Å². The van der Waals surface area contributed by atoms with E-state index in [2.05, 4.69) is 5.32 Å². The van der Waals surface area contributed by atoms with Crippen molar-refractivity contribution in [3.05, 3.63) is 29.5 Å². The van der Waals surface area contributed by atoms with Crippen LogP contribution in [0.25, 0.3) is 11.0 Å². The molecule has 0 atom stereocenters. The van der Waals surface area contributed by atoms with Gasteiger partial charge in [-0.15, -0.1) is 0 Å². The van der Waals surface area contributed by atoms with Crippen molar-refractivity contribution in [2.24, 2.45) is 0 Å². The van der Waals surface area contributed by atoms with Crippen LogP contribution in [0.1, 0.15) is 44.9 Å². The van der Waals surface area contributed by atoms with E-state index in [9.17, 15) is 9.59 Å². The maximum atomic E-state index is 12.6. The van der Waals surface area contributed by atoms with E-state index in [0.717, 1.165) is 42.7 Å². The van der Waals surface area contributed by atoms with E-state index in [4.69, 9.17) is 9.15 Å². The van der Waals surface area contributed by atoms with Crippen LogP contribution in [0.15, 0.2) is 22.6 Å². The second-order valence-electron chi connectivity index (χ2n) is 9.76. The highest BCUT2D eigenvalue weighted by Crippen LogP contribution is 2.33. The lowest BCUT2D eigenvalue weighted by Crippen LogP contribution is -3.16. The quantitative estimate of drug-likeness (QED) is 0.754. The normalized spacial score (nSPS) is 17.5. The Balaban J connectivity index is 1.26. The van der Waals surface area contributed by atoms with Crippen LogP contribution in [0.4, 0.5) is 0 Å². The van der Waals surface area contributed by atoms with Crippen molar-refractivity contribution in [1.82, 2.24) is 10.2 Å². The van der Waals surface area contributed by atoms with Gasteiger partial charge < -0.3 is 24.3 Å². The second-order valence-corrected chi connectivity index (χ2v) is 9.76. The summed E-state index contributed by atoms with van der Waals surface area (Å²) in [5, 5.41) is 4.12. The standard InChI is InChI=1S/C24H33N3O4/c1-24(2,3)25-22(28)15-26-10-12-27(13-11-26)23(29)16-30-17-8-9-21-19(14-17)18-6-4-5-7-20(18)31-21/h8-9,14H,4-7,10-13,15-16H2,1-3H3,(H,25,28)/p+1. The number of benzene rings is 1. The van der Waals surface area contributed by atoms with E-state index in [-0.39, 0.29) is 24.0 Å². The zero-order valence-electron chi connectivity index (χ0n) is 18.9. The number of hydrogen-bond donors (Lipinski definition) is 2. The molecule has 1 saturated heterocycles. The molecule has 2 N–H and O–H groups in total. The molecule has 1 aliphatic heterocycles. The average molecular weight is 429 g/mol. The van der Waals surface area contributed by atoms with Gasteiger partial charge in [0, 0.05) is 22.9 Å². The molecule has 168 valence electrons. The fraction of sp³-hybridized carbons (Fsp3) is 0.583. The van der Waals surface area contributed by atoms with Crippen LogP contribution in [0, 0.1) is 0 Å². The van der Waals surface area contributed by atoms with Crippen LogP contribution in [-0.4, -0.2) is 61.6 Å². The van der Waals surface area contributed by atoms with Crippen LogP contribution in [0.2, 0.25) is 0 Å². The van der Waals surface area contributed by atoms with E-state index < -0.39 is 0 Å². The molecule has 0 unspecified atom stereocenters. The first-order valence-corrected chi connectivity index (χ1v) is 11.4. The van der Waals surface area contributed by atoms with Crippen LogP contribution in [0.5, 0.6) is 5.75 Å². The summed E-state index contributed by atoms with van der Waals surface area (Å²) >= 11 is 0. The van der Waals surface area contributed by atoms with Gasteiger partial charge >= 0.3 is 0 Å². The average Bonchev–Trinajstić information content (AvgIpc) is 3.09. The molecule has 0 radical (unpaired) electrons. The molecule has 7 heteroatoms. The van der Waals surface area contributed by atoms with Crippen LogP contribution in [-0.2, 0) is 22.4 Å². The lowest BCUT2D eigenvalue weighted by atomic mass is 9.96. The highest BCUT2D eigenvalue weighted by molar-refractivity contribution is 5.84. The number of amides is 2. The summed E-state index contributed by atoms with van der Waals surface area (Å²) in [6, 6.07) is 5.82. The van der Waals surface area contributed by atoms with E-state index >= 15 is 0 Å². The van der Waals surface area contributed by atoms with E-state index in [1.807, 2.05) is 43.9 Å². The van der Waals surface area contributed by atoms with Gasteiger partial charge in [0.25, 0.3) is 11.8 Å². The number of piperazine rings is 1. The molecule has 31 heavy (non-hydrogen) atoms. The zero-order valence-corrected chi connectivity index (χ0v) is 18.9. The molecule has 1 aliphatic carbocycles. The van der Waals surface area contributed by atoms with Gasteiger partial charge in [-0.05, 0) is 58.2 Å². The highest BCUT2D eigenvalue weighted by Gasteiger charge is 2.26. The second kappa shape index (κ2) is 8.91. The molecule has 1 aromatic heterocycles. The van der Waals surface area contributed by atoms with E-state index in [0.29, 0.717) is 25.4 Å². The monoisotopic (exact) mass is 428 g/mol. The molecule has 1 aromatic carbocycles. The number of carbonyl (C=O) groups excluding carboxylic acids is 2. The van der Waals surface area contributed by atoms with Crippen molar-refractivity contribution >= 4 is 22.8 Å². The third-order valence-electron chi connectivity index (χ3n) is 6.04. The number of nitrogens with one attached hydrogen (secondary N) is 2. The third-order valence-corrected chi connectivity index (χ3v) is 6.04. The topological polar surface area (TPSA) is 76.2 Å². The van der Waals surface area contributed by atoms with Crippen LogP contribution >= 0.6 is 0 Å². The zero-order chi connectivity index (χ0) is 22.0. The molecule has 2 amide bonds. The minimum atomic E-state index is -0.218. The molecule has 2 heterocycles. The van der Waals surface area contributed by atoms with Gasteiger partial charge in [0.05, 0.1) is 26.2 Å². The number of furan rings is 1. The third kappa shape index (κ3) is 5.39. The Morgan fingerprint density at radius 1 is 1.16 bits per heavy atom. The summed E-state index contributed by atoms with van der Waals surface area (Å²) in [6.07, 6.45) is 4.42. The van der Waals surface area contributed by atoms with Crippen molar-refractivity contribution in [1.29, 1.82) is 0 Å². The summed E-state index contributed by atoms with van der Waals surface area (Å²) < 4.78 is 11.8. The van der Waals surface area contributed by atoms with Crippen LogP contribution < -0.4 is 15.0 Å². The highest BCUT2D eigenvalue weighted by atomic mass is 16.5. The number of fused-ring (bicyclic) bond motifs is 3. The van der Waals surface area contributed by atoms with Crippen molar-refractivity contribution in [2.75, 3.05) is 39.3 Å². The molecule has 7 nitrogen and oxygen atoms in total. The minimum Gasteiger partial charge on any atom is -0.484 e. The lowest BCUT2D eigenvalue weighted by molar-refractivity contribution is -0.896. The van der Waals surface area contributed by atoms with Crippen molar-refractivity contribution in [2.45, 2.75) is 52.0 Å². The van der Waals surface area contributed by atoms with Gasteiger partial charge in [-0.25, -0.2) is 0 Å². The predicted molar refractivity (Wildman–Crippen MR) is 118 cm³/mol. The Kier molecular flexibility index (Phi) is 6.23. The molecule has 0 saturated carbocycles. The predicted octanol–water partition coefficient (Wildman–Crippen LogP) is 1.33. The van der Waals surface area contributed by atoms with Crippen molar-refractivity contribution in [3.8, 4) is 5.75 Å². The van der Waals surface area contributed by atoms with Gasteiger partial charge in [0.1, 0.15) is 17.1 Å². The Bertz CT molecular complexity index is 952. The van der Waals surface area contributed by atoms with Gasteiger partial charge in [0.15, 0.2) is 13.2 Å². The molecular formula is C24H34N3O4+. The maximum Gasteiger partial charge on any atom is 0.275 e. The number of carbonyl (C=O) groups is 2. The fourth-order valence-corrected chi connectivity index (χ4v) is 4.51. The summed E-state index contributed by atoms with van der Waals surface area (Å²) in [7, 11) is 0. The molecule has 1 fully saturated rings. The van der Waals surface area contributed by atoms with Gasteiger partial charge in [-0.3, -0.25) is 9.59 Å². The Morgan fingerprint density at radius 2 is 1.90 bits per heavy atom. The van der Waals surface area contributed by atoms with Crippen molar-refractivity contribution < 1.29 is 23.6 Å². The molecule has 0 bridgehead atoms. The SMILES string of the molecule is CC(C)(C)NC(=O)C[NH+]1CCN(C(=O)COc2ccc3oc4c(c3c2)CCCC4)CC1. The lowest BCUT2D eigenvalue weighted by Gasteiger charge is -2.32. The first-order valence-electron chi connectivity index (χ1n) is 11.4. The largest absolute Gasteiger partial charge is 0.484 e. The molecule has 2 aromatic rings. The first-order chi connectivity index (χ1) is 14.8. The number of hydrogen-bond acceptors (Lipinski definition) is 4. The molecular weight excluding hydrogens is 394 g/mol. The van der Waals surface area contributed by atoms with Gasteiger partial charge in [-0.1, -0.05) is 0 Å². The minimum absolute atomic E-state index is 0.00693. The smallest absolute Gasteiger partial charge is 0.275 e. The van der Waals surface area contributed by atoms with E-state index in [1.54, 1.807) is 0 Å². The number of ether oxygens (including phenoxy) is 1. The molecule has 4 rings (SSSR count). The van der Waals surface area contributed by atoms with Crippen LogP contribution in [0.3, 0.4) is 0 Å². The number of quaternary nitrogens is 1. The first kappa shape index (κ1) is 21.7. The van der Waals surface area contributed by atoms with Gasteiger partial charge in [-0.2, -0.15) is 0 Å². The summed E-state index contributed by atoms with van der Waals surface area (Å²) in [5.41, 5.74) is 1.98. The number of aryl methyl sites for hydroxylation is 2. The Labute approximate surface area is 183 Å². The summed E-state index contributed by atoms with van der Waals surface area (Å²) in [4.78, 5) is 27.8. The summed E-state index contributed by atoms with van der Waals surface area (Å²) in [5.74, 6) is 1.86. The maximum absolute atomic E-state index is 12.6. The number of rotatable bonds is 5. The fourth-order valence-electron chi connectivity index (χ4n) is 4.51. The Hall–Kier alpha value is -2.54. The molecule has 2 aliphatic rings. The van der Waals surface area contributed by atoms with E-state index in [1.165, 1.54) is 23.3 Å². The Morgan fingerprint density at radius 3 is 2.65 bits per heavy atom. The summed E-state index contributed by atoms with van der Waals surface area (Å²) in [6.45, 7) is 9.27.